The number of likely N-dealkylation sites (tertiary alicyclic amines) is 1. The summed E-state index contributed by atoms with van der Waals surface area (Å²) in [5.41, 5.74) is 1.06. The van der Waals surface area contributed by atoms with Gasteiger partial charge in [-0.05, 0) is 31.6 Å². The summed E-state index contributed by atoms with van der Waals surface area (Å²) in [7, 11) is 1.70. The summed E-state index contributed by atoms with van der Waals surface area (Å²) in [6.07, 6.45) is 5.20. The maximum atomic E-state index is 5.37. The average Bonchev–Trinajstić information content (AvgIpc) is 3.03. The van der Waals surface area contributed by atoms with Crippen LogP contribution >= 0.6 is 0 Å². The monoisotopic (exact) mass is 245 g/mol. The molecule has 0 saturated carbocycles. The molecule has 2 aromatic heterocycles. The van der Waals surface area contributed by atoms with Crippen LogP contribution < -0.4 is 4.74 Å². The van der Waals surface area contributed by atoms with Gasteiger partial charge in [0.25, 0.3) is 0 Å². The van der Waals surface area contributed by atoms with Crippen molar-refractivity contribution < 1.29 is 4.74 Å². The van der Waals surface area contributed by atoms with E-state index in [4.69, 9.17) is 4.74 Å². The first-order valence-electron chi connectivity index (χ1n) is 6.55. The van der Waals surface area contributed by atoms with Gasteiger partial charge in [0.2, 0.25) is 0 Å². The Balaban J connectivity index is 1.98. The summed E-state index contributed by atoms with van der Waals surface area (Å²) in [6, 6.07) is 4.00. The molecule has 1 atom stereocenters. The van der Waals surface area contributed by atoms with Crippen molar-refractivity contribution in [1.82, 2.24) is 14.3 Å². The molecule has 0 radical (unpaired) electrons. The number of methoxy groups -OCH3 is 1. The lowest BCUT2D eigenvalue weighted by Crippen LogP contribution is -2.19. The van der Waals surface area contributed by atoms with Gasteiger partial charge in [0.1, 0.15) is 17.1 Å². The number of aromatic nitrogens is 2. The molecule has 4 heteroatoms. The Labute approximate surface area is 107 Å². The van der Waals surface area contributed by atoms with E-state index in [1.807, 2.05) is 18.3 Å². The summed E-state index contributed by atoms with van der Waals surface area (Å²) >= 11 is 0. The van der Waals surface area contributed by atoms with Crippen molar-refractivity contribution in [2.45, 2.75) is 19.3 Å². The van der Waals surface area contributed by atoms with E-state index in [2.05, 4.69) is 27.4 Å². The number of likely N-dealkylation sites (N-methyl/N-ethyl adjacent to an activating group) is 1. The number of imidazole rings is 1. The summed E-state index contributed by atoms with van der Waals surface area (Å²) < 4.78 is 7.54. The van der Waals surface area contributed by atoms with Crippen molar-refractivity contribution in [3.63, 3.8) is 0 Å². The van der Waals surface area contributed by atoms with Crippen LogP contribution in [0.25, 0.3) is 5.52 Å². The average molecular weight is 245 g/mol. The maximum absolute atomic E-state index is 5.37. The Morgan fingerprint density at radius 2 is 2.39 bits per heavy atom. The van der Waals surface area contributed by atoms with Crippen LogP contribution in [0, 0.1) is 0 Å². The smallest absolute Gasteiger partial charge is 0.144 e. The van der Waals surface area contributed by atoms with Gasteiger partial charge >= 0.3 is 0 Å². The van der Waals surface area contributed by atoms with Crippen molar-refractivity contribution in [2.75, 3.05) is 26.7 Å². The molecule has 2 aromatic rings. The third-order valence-corrected chi connectivity index (χ3v) is 3.87. The number of rotatable bonds is 3. The van der Waals surface area contributed by atoms with Crippen molar-refractivity contribution in [3.05, 3.63) is 30.4 Å². The first-order chi connectivity index (χ1) is 8.83. The molecule has 0 aliphatic carbocycles. The summed E-state index contributed by atoms with van der Waals surface area (Å²) in [6.45, 7) is 5.64. The first kappa shape index (κ1) is 11.5. The summed E-state index contributed by atoms with van der Waals surface area (Å²) in [5, 5.41) is 0. The number of hydrogen-bond donors (Lipinski definition) is 0. The van der Waals surface area contributed by atoms with Crippen LogP contribution in [0.4, 0.5) is 0 Å². The second-order valence-corrected chi connectivity index (χ2v) is 4.83. The molecule has 1 unspecified atom stereocenters. The van der Waals surface area contributed by atoms with Crippen LogP contribution in [0.2, 0.25) is 0 Å². The van der Waals surface area contributed by atoms with E-state index in [0.717, 1.165) is 24.4 Å². The van der Waals surface area contributed by atoms with E-state index >= 15 is 0 Å². The maximum Gasteiger partial charge on any atom is 0.144 e. The third kappa shape index (κ3) is 1.77. The van der Waals surface area contributed by atoms with E-state index in [0.29, 0.717) is 5.92 Å². The Morgan fingerprint density at radius 3 is 3.11 bits per heavy atom. The first-order valence-corrected chi connectivity index (χ1v) is 6.55. The molecule has 0 aromatic carbocycles. The van der Waals surface area contributed by atoms with Gasteiger partial charge in [-0.3, -0.25) is 0 Å². The van der Waals surface area contributed by atoms with E-state index in [-0.39, 0.29) is 0 Å². The van der Waals surface area contributed by atoms with E-state index in [1.165, 1.54) is 18.8 Å². The van der Waals surface area contributed by atoms with Crippen molar-refractivity contribution in [1.29, 1.82) is 0 Å². The van der Waals surface area contributed by atoms with Gasteiger partial charge in [-0.2, -0.15) is 0 Å². The normalized spacial score (nSPS) is 20.7. The predicted molar refractivity (Wildman–Crippen MR) is 71.2 cm³/mol. The van der Waals surface area contributed by atoms with Gasteiger partial charge in [-0.1, -0.05) is 6.92 Å². The van der Waals surface area contributed by atoms with E-state index in [1.54, 1.807) is 7.11 Å². The minimum absolute atomic E-state index is 0.541. The molecule has 1 fully saturated rings. The van der Waals surface area contributed by atoms with Crippen LogP contribution in [-0.4, -0.2) is 41.0 Å². The minimum atomic E-state index is 0.541. The molecule has 96 valence electrons. The lowest BCUT2D eigenvalue weighted by Gasteiger charge is -2.12. The van der Waals surface area contributed by atoms with Crippen LogP contribution in [0.1, 0.15) is 25.1 Å². The minimum Gasteiger partial charge on any atom is -0.494 e. The molecule has 4 nitrogen and oxygen atoms in total. The van der Waals surface area contributed by atoms with E-state index < -0.39 is 0 Å². The quantitative estimate of drug-likeness (QED) is 0.830. The molecular formula is C14H19N3O. The van der Waals surface area contributed by atoms with Crippen molar-refractivity contribution in [3.8, 4) is 5.75 Å². The largest absolute Gasteiger partial charge is 0.494 e. The van der Waals surface area contributed by atoms with Crippen LogP contribution in [0.5, 0.6) is 5.75 Å². The zero-order chi connectivity index (χ0) is 12.5. The number of hydrogen-bond acceptors (Lipinski definition) is 3. The SMILES string of the molecule is CCN1CCC(c2ncc3c(OC)cccn23)C1. The highest BCUT2D eigenvalue weighted by atomic mass is 16.5. The van der Waals surface area contributed by atoms with Crippen molar-refractivity contribution >= 4 is 5.52 Å². The molecule has 1 aliphatic heterocycles. The van der Waals surface area contributed by atoms with Crippen LogP contribution in [0.15, 0.2) is 24.5 Å². The molecule has 0 N–H and O–H groups in total. The highest BCUT2D eigenvalue weighted by Crippen LogP contribution is 2.29. The van der Waals surface area contributed by atoms with E-state index in [9.17, 15) is 0 Å². The highest BCUT2D eigenvalue weighted by Gasteiger charge is 2.26. The molecular weight excluding hydrogens is 226 g/mol. The second-order valence-electron chi connectivity index (χ2n) is 4.83. The Morgan fingerprint density at radius 1 is 1.50 bits per heavy atom. The summed E-state index contributed by atoms with van der Waals surface area (Å²) in [4.78, 5) is 7.09. The Bertz CT molecular complexity index is 549. The zero-order valence-corrected chi connectivity index (χ0v) is 11.0. The van der Waals surface area contributed by atoms with Gasteiger partial charge in [-0.15, -0.1) is 0 Å². The highest BCUT2D eigenvalue weighted by molar-refractivity contribution is 5.59. The molecule has 3 rings (SSSR count). The fourth-order valence-corrected chi connectivity index (χ4v) is 2.82. The zero-order valence-electron chi connectivity index (χ0n) is 11.0. The van der Waals surface area contributed by atoms with Crippen molar-refractivity contribution in [2.24, 2.45) is 0 Å². The number of fused-ring (bicyclic) bond motifs is 1. The van der Waals surface area contributed by atoms with Gasteiger partial charge in [0.15, 0.2) is 0 Å². The lowest BCUT2D eigenvalue weighted by molar-refractivity contribution is 0.352. The molecule has 0 spiro atoms. The molecule has 1 aliphatic rings. The third-order valence-electron chi connectivity index (χ3n) is 3.87. The number of ether oxygens (including phenoxy) is 1. The Kier molecular flexibility index (Phi) is 2.96. The van der Waals surface area contributed by atoms with Crippen LogP contribution in [0.3, 0.4) is 0 Å². The number of nitrogens with zero attached hydrogens (tertiary/aromatic N) is 3. The van der Waals surface area contributed by atoms with Gasteiger partial charge in [0, 0.05) is 18.7 Å². The fraction of sp³-hybridized carbons (Fsp3) is 0.500. The van der Waals surface area contributed by atoms with Gasteiger partial charge < -0.3 is 14.0 Å². The number of pyridine rings is 1. The fourth-order valence-electron chi connectivity index (χ4n) is 2.82. The van der Waals surface area contributed by atoms with Gasteiger partial charge in [-0.25, -0.2) is 4.98 Å². The molecule has 3 heterocycles. The summed E-state index contributed by atoms with van der Waals surface area (Å²) in [5.74, 6) is 2.60. The Hall–Kier alpha value is -1.55. The lowest BCUT2D eigenvalue weighted by atomic mass is 10.1. The topological polar surface area (TPSA) is 29.8 Å². The second kappa shape index (κ2) is 4.61. The van der Waals surface area contributed by atoms with Gasteiger partial charge in [0.05, 0.1) is 13.3 Å². The van der Waals surface area contributed by atoms with Crippen LogP contribution in [-0.2, 0) is 0 Å². The molecule has 0 bridgehead atoms. The molecule has 0 amide bonds. The predicted octanol–water partition coefficient (Wildman–Crippen LogP) is 2.15. The molecule has 18 heavy (non-hydrogen) atoms. The molecule has 1 saturated heterocycles. The standard InChI is InChI=1S/C14H19N3O/c1-3-16-8-6-11(10-16)14-15-9-12-13(18-2)5-4-7-17(12)14/h4-5,7,9,11H,3,6,8,10H2,1-2H3.